The molecule has 0 saturated carbocycles. The van der Waals surface area contributed by atoms with E-state index in [4.69, 9.17) is 11.0 Å². The van der Waals surface area contributed by atoms with Crippen molar-refractivity contribution in [1.29, 1.82) is 5.26 Å². The van der Waals surface area contributed by atoms with E-state index in [1.807, 2.05) is 31.9 Å². The minimum absolute atomic E-state index is 0.0789. The molecule has 0 aromatic heterocycles. The molecular weight excluding hydrogens is 229 g/mol. The van der Waals surface area contributed by atoms with Crippen LogP contribution in [0.1, 0.15) is 25.5 Å². The Kier molecular flexibility index (Phi) is 5.26. The summed E-state index contributed by atoms with van der Waals surface area (Å²) in [6.45, 7) is 4.36. The topological polar surface area (TPSA) is 53.0 Å². The molecular formula is C14H20FN3. The van der Waals surface area contributed by atoms with Crippen LogP contribution in [-0.4, -0.2) is 24.5 Å². The second-order valence-electron chi connectivity index (χ2n) is 4.83. The number of hydrogen-bond acceptors (Lipinski definition) is 3. The van der Waals surface area contributed by atoms with Crippen LogP contribution >= 0.6 is 0 Å². The quantitative estimate of drug-likeness (QED) is 0.871. The maximum Gasteiger partial charge on any atom is 0.123 e. The average molecular weight is 249 g/mol. The number of halogens is 1. The molecule has 1 rings (SSSR count). The molecule has 1 aromatic carbocycles. The van der Waals surface area contributed by atoms with Gasteiger partial charge >= 0.3 is 0 Å². The molecule has 0 amide bonds. The van der Waals surface area contributed by atoms with Gasteiger partial charge in [-0.1, -0.05) is 12.1 Å². The van der Waals surface area contributed by atoms with E-state index in [-0.39, 0.29) is 23.8 Å². The Labute approximate surface area is 108 Å². The largest absolute Gasteiger partial charge is 0.326 e. The molecule has 0 spiro atoms. The van der Waals surface area contributed by atoms with E-state index in [1.54, 1.807) is 6.07 Å². The van der Waals surface area contributed by atoms with Crippen LogP contribution in [0.3, 0.4) is 0 Å². The molecule has 0 radical (unpaired) electrons. The lowest BCUT2D eigenvalue weighted by Gasteiger charge is -2.32. The lowest BCUT2D eigenvalue weighted by atomic mass is 9.98. The molecule has 0 aliphatic heterocycles. The fourth-order valence-corrected chi connectivity index (χ4v) is 2.24. The zero-order valence-corrected chi connectivity index (χ0v) is 11.1. The van der Waals surface area contributed by atoms with Crippen LogP contribution in [0.15, 0.2) is 24.3 Å². The summed E-state index contributed by atoms with van der Waals surface area (Å²) in [6.07, 6.45) is 0. The zero-order valence-electron chi connectivity index (χ0n) is 11.1. The molecule has 3 atom stereocenters. The molecule has 0 fully saturated rings. The third-order valence-electron chi connectivity index (χ3n) is 2.95. The molecule has 3 nitrogen and oxygen atoms in total. The van der Waals surface area contributed by atoms with Crippen molar-refractivity contribution in [3.05, 3.63) is 35.6 Å². The van der Waals surface area contributed by atoms with E-state index in [1.165, 1.54) is 12.1 Å². The van der Waals surface area contributed by atoms with Gasteiger partial charge in [-0.25, -0.2) is 4.39 Å². The molecule has 4 heteroatoms. The first-order valence-electron chi connectivity index (χ1n) is 6.06. The van der Waals surface area contributed by atoms with Gasteiger partial charge in [0.25, 0.3) is 0 Å². The van der Waals surface area contributed by atoms with Crippen molar-refractivity contribution in [3.63, 3.8) is 0 Å². The van der Waals surface area contributed by atoms with Crippen molar-refractivity contribution in [2.75, 3.05) is 13.6 Å². The molecule has 0 aliphatic rings. The number of nitriles is 1. The van der Waals surface area contributed by atoms with Gasteiger partial charge in [0.1, 0.15) is 5.82 Å². The van der Waals surface area contributed by atoms with Gasteiger partial charge in [0, 0.05) is 18.6 Å². The van der Waals surface area contributed by atoms with Crippen LogP contribution in [0.4, 0.5) is 4.39 Å². The molecule has 3 unspecified atom stereocenters. The molecule has 2 N–H and O–H groups in total. The van der Waals surface area contributed by atoms with Gasteiger partial charge in [-0.3, -0.25) is 4.90 Å². The van der Waals surface area contributed by atoms with Crippen molar-refractivity contribution in [2.45, 2.75) is 25.9 Å². The van der Waals surface area contributed by atoms with Crippen LogP contribution in [0, 0.1) is 23.1 Å². The minimum Gasteiger partial charge on any atom is -0.326 e. The van der Waals surface area contributed by atoms with Crippen LogP contribution in [-0.2, 0) is 0 Å². The third-order valence-corrected chi connectivity index (χ3v) is 2.95. The number of nitrogens with two attached hydrogens (primary N) is 1. The Morgan fingerprint density at radius 3 is 2.61 bits per heavy atom. The summed E-state index contributed by atoms with van der Waals surface area (Å²) in [5.41, 5.74) is 6.83. The van der Waals surface area contributed by atoms with Crippen LogP contribution in [0.25, 0.3) is 0 Å². The lowest BCUT2D eigenvalue weighted by Crippen LogP contribution is -2.39. The summed E-state index contributed by atoms with van der Waals surface area (Å²) >= 11 is 0. The number of nitrogens with zero attached hydrogens (tertiary/aromatic N) is 2. The van der Waals surface area contributed by atoms with E-state index in [0.717, 1.165) is 5.56 Å². The van der Waals surface area contributed by atoms with Gasteiger partial charge < -0.3 is 5.73 Å². The highest BCUT2D eigenvalue weighted by molar-refractivity contribution is 5.21. The van der Waals surface area contributed by atoms with Crippen molar-refractivity contribution in [3.8, 4) is 6.07 Å². The molecule has 0 heterocycles. The van der Waals surface area contributed by atoms with Gasteiger partial charge in [0.2, 0.25) is 0 Å². The maximum absolute atomic E-state index is 13.3. The Bertz CT molecular complexity index is 425. The number of hydrogen-bond donors (Lipinski definition) is 1. The predicted octanol–water partition coefficient (Wildman–Crippen LogP) is 2.31. The minimum atomic E-state index is -0.264. The van der Waals surface area contributed by atoms with E-state index in [0.29, 0.717) is 6.54 Å². The van der Waals surface area contributed by atoms with Crippen molar-refractivity contribution in [1.82, 2.24) is 4.90 Å². The highest BCUT2D eigenvalue weighted by atomic mass is 19.1. The number of likely N-dealkylation sites (N-methyl/N-ethyl adjacent to an activating group) is 1. The highest BCUT2D eigenvalue weighted by Crippen LogP contribution is 2.23. The normalized spacial score (nSPS) is 16.1. The second-order valence-corrected chi connectivity index (χ2v) is 4.83. The summed E-state index contributed by atoms with van der Waals surface area (Å²) in [4.78, 5) is 2.01. The van der Waals surface area contributed by atoms with Crippen molar-refractivity contribution in [2.24, 2.45) is 11.7 Å². The fraction of sp³-hybridized carbons (Fsp3) is 0.500. The summed E-state index contributed by atoms with van der Waals surface area (Å²) in [5.74, 6) is -0.343. The van der Waals surface area contributed by atoms with E-state index < -0.39 is 0 Å². The average Bonchev–Trinajstić information content (AvgIpc) is 2.28. The Hall–Kier alpha value is -1.44. The standard InChI is InChI=1S/C14H20FN3/c1-10(8-16)9-18(3)14(11(2)17)12-5-4-6-13(15)7-12/h4-7,10-11,14H,9,17H2,1-3H3. The van der Waals surface area contributed by atoms with Crippen molar-refractivity contribution >= 4 is 0 Å². The monoisotopic (exact) mass is 249 g/mol. The van der Waals surface area contributed by atoms with Crippen molar-refractivity contribution < 1.29 is 4.39 Å². The first-order chi connectivity index (χ1) is 8.45. The summed E-state index contributed by atoms with van der Waals surface area (Å²) in [6, 6.07) is 8.44. The van der Waals surface area contributed by atoms with Gasteiger partial charge in [-0.05, 0) is 38.6 Å². The van der Waals surface area contributed by atoms with Gasteiger partial charge in [-0.15, -0.1) is 0 Å². The van der Waals surface area contributed by atoms with Crippen LogP contribution in [0.2, 0.25) is 0 Å². The number of rotatable bonds is 5. The van der Waals surface area contributed by atoms with Crippen LogP contribution in [0.5, 0.6) is 0 Å². The Morgan fingerprint density at radius 1 is 1.44 bits per heavy atom. The second kappa shape index (κ2) is 6.48. The summed E-state index contributed by atoms with van der Waals surface area (Å²) in [5, 5.41) is 8.85. The summed E-state index contributed by atoms with van der Waals surface area (Å²) < 4.78 is 13.3. The highest BCUT2D eigenvalue weighted by Gasteiger charge is 2.22. The van der Waals surface area contributed by atoms with E-state index in [9.17, 15) is 4.39 Å². The van der Waals surface area contributed by atoms with Gasteiger partial charge in [0.05, 0.1) is 12.0 Å². The predicted molar refractivity (Wildman–Crippen MR) is 70.2 cm³/mol. The molecule has 0 bridgehead atoms. The van der Waals surface area contributed by atoms with Crippen LogP contribution < -0.4 is 5.73 Å². The molecule has 1 aromatic rings. The zero-order chi connectivity index (χ0) is 13.7. The Balaban J connectivity index is 2.93. The lowest BCUT2D eigenvalue weighted by molar-refractivity contribution is 0.205. The first kappa shape index (κ1) is 14.6. The van der Waals surface area contributed by atoms with Gasteiger partial charge in [0.15, 0.2) is 0 Å². The molecule has 18 heavy (non-hydrogen) atoms. The fourth-order valence-electron chi connectivity index (χ4n) is 2.24. The Morgan fingerprint density at radius 2 is 2.11 bits per heavy atom. The molecule has 0 saturated heterocycles. The van der Waals surface area contributed by atoms with Gasteiger partial charge in [-0.2, -0.15) is 5.26 Å². The third kappa shape index (κ3) is 3.80. The summed E-state index contributed by atoms with van der Waals surface area (Å²) in [7, 11) is 1.91. The van der Waals surface area contributed by atoms with E-state index in [2.05, 4.69) is 6.07 Å². The van der Waals surface area contributed by atoms with E-state index >= 15 is 0 Å². The smallest absolute Gasteiger partial charge is 0.123 e. The maximum atomic E-state index is 13.3. The SMILES string of the molecule is CC(C#N)CN(C)C(c1cccc(F)c1)C(C)N. The number of benzene rings is 1. The first-order valence-corrected chi connectivity index (χ1v) is 6.06. The molecule has 0 aliphatic carbocycles. The molecule has 98 valence electrons.